The van der Waals surface area contributed by atoms with Gasteiger partial charge >= 0.3 is 0 Å². The van der Waals surface area contributed by atoms with Crippen molar-refractivity contribution >= 4 is 0 Å². The second-order valence-corrected chi connectivity index (χ2v) is 6.28. The second kappa shape index (κ2) is 6.60. The maximum absolute atomic E-state index is 5.86. The molecular weight excluding hydrogens is 222 g/mol. The molecule has 2 heteroatoms. The molecule has 1 atom stereocenters. The van der Waals surface area contributed by atoms with E-state index in [0.29, 0.717) is 6.04 Å². The molecule has 1 heterocycles. The van der Waals surface area contributed by atoms with Gasteiger partial charge < -0.3 is 10.1 Å². The molecule has 0 aromatic rings. The monoisotopic (exact) mass is 251 g/mol. The molecule has 1 N–H and O–H groups in total. The summed E-state index contributed by atoms with van der Waals surface area (Å²) in [5.41, 5.74) is 0. The summed E-state index contributed by atoms with van der Waals surface area (Å²) in [5, 5.41) is 3.49. The molecule has 0 aromatic heterocycles. The van der Waals surface area contributed by atoms with Crippen molar-refractivity contribution in [2.45, 2.75) is 58.4 Å². The molecule has 18 heavy (non-hydrogen) atoms. The second-order valence-electron chi connectivity index (χ2n) is 6.28. The third-order valence-electron chi connectivity index (χ3n) is 4.81. The average Bonchev–Trinajstić information content (AvgIpc) is 2.41. The van der Waals surface area contributed by atoms with Crippen LogP contribution in [0.1, 0.15) is 52.4 Å². The van der Waals surface area contributed by atoms with Crippen LogP contribution in [0.2, 0.25) is 0 Å². The van der Waals surface area contributed by atoms with Gasteiger partial charge in [0.25, 0.3) is 0 Å². The Balaban J connectivity index is 1.91. The minimum atomic E-state index is 0.457. The van der Waals surface area contributed by atoms with Crippen LogP contribution in [0.3, 0.4) is 0 Å². The van der Waals surface area contributed by atoms with Crippen molar-refractivity contribution in [1.29, 1.82) is 0 Å². The van der Waals surface area contributed by atoms with E-state index in [1.807, 2.05) is 0 Å². The summed E-state index contributed by atoms with van der Waals surface area (Å²) in [6.07, 6.45) is 10.2. The van der Waals surface area contributed by atoms with Gasteiger partial charge in [-0.05, 0) is 69.4 Å². The van der Waals surface area contributed by atoms with E-state index >= 15 is 0 Å². The van der Waals surface area contributed by atoms with E-state index in [9.17, 15) is 0 Å². The van der Waals surface area contributed by atoms with Crippen LogP contribution in [-0.4, -0.2) is 19.7 Å². The quantitative estimate of drug-likeness (QED) is 0.822. The van der Waals surface area contributed by atoms with Crippen molar-refractivity contribution in [1.82, 2.24) is 5.32 Å². The number of nitrogens with one attached hydrogen (secondary N) is 1. The molecule has 2 rings (SSSR count). The predicted molar refractivity (Wildman–Crippen MR) is 76.4 cm³/mol. The minimum absolute atomic E-state index is 0.457. The van der Waals surface area contributed by atoms with Crippen LogP contribution in [0, 0.1) is 17.8 Å². The molecule has 1 saturated carbocycles. The molecule has 0 amide bonds. The lowest BCUT2D eigenvalue weighted by Gasteiger charge is -2.36. The number of allylic oxidation sites excluding steroid dienone is 1. The zero-order chi connectivity index (χ0) is 13.0. The molecular formula is C16H29NO. The first-order chi connectivity index (χ1) is 8.72. The highest BCUT2D eigenvalue weighted by molar-refractivity contribution is 5.08. The van der Waals surface area contributed by atoms with Crippen LogP contribution < -0.4 is 5.32 Å². The summed E-state index contributed by atoms with van der Waals surface area (Å²) in [6, 6.07) is 0.457. The van der Waals surface area contributed by atoms with Crippen molar-refractivity contribution in [2.75, 3.05) is 13.7 Å². The van der Waals surface area contributed by atoms with Gasteiger partial charge in [-0.3, -0.25) is 0 Å². The fraction of sp³-hybridized carbons (Fsp3) is 0.875. The Bertz CT molecular complexity index is 277. The Morgan fingerprint density at radius 2 is 1.83 bits per heavy atom. The summed E-state index contributed by atoms with van der Waals surface area (Å²) < 4.78 is 5.86. The summed E-state index contributed by atoms with van der Waals surface area (Å²) in [7, 11) is 2.08. The average molecular weight is 251 g/mol. The van der Waals surface area contributed by atoms with Gasteiger partial charge in [0.15, 0.2) is 0 Å². The molecule has 0 aromatic carbocycles. The molecule has 104 valence electrons. The largest absolute Gasteiger partial charge is 0.497 e. The number of hydrogen-bond acceptors (Lipinski definition) is 2. The van der Waals surface area contributed by atoms with E-state index in [4.69, 9.17) is 4.74 Å². The first-order valence-corrected chi connectivity index (χ1v) is 7.72. The van der Waals surface area contributed by atoms with Gasteiger partial charge in [-0.1, -0.05) is 13.8 Å². The molecule has 1 aliphatic carbocycles. The number of ether oxygens (including phenoxy) is 1. The molecule has 1 fully saturated rings. The molecule has 2 nitrogen and oxygen atoms in total. The highest BCUT2D eigenvalue weighted by Gasteiger charge is 2.31. The van der Waals surface area contributed by atoms with Crippen molar-refractivity contribution < 1.29 is 4.74 Å². The molecule has 0 saturated heterocycles. The Morgan fingerprint density at radius 3 is 2.33 bits per heavy atom. The molecule has 0 spiro atoms. The first-order valence-electron chi connectivity index (χ1n) is 7.72. The predicted octanol–water partition coefficient (Wildman–Crippen LogP) is 3.73. The van der Waals surface area contributed by atoms with Crippen LogP contribution >= 0.6 is 0 Å². The lowest BCUT2D eigenvalue weighted by Crippen LogP contribution is -2.39. The maximum Gasteiger partial charge on any atom is 0.109 e. The highest BCUT2D eigenvalue weighted by atomic mass is 16.5. The zero-order valence-electron chi connectivity index (χ0n) is 12.2. The standard InChI is InChI=1S/C16H29NO/c1-12(2)13-7-9-14(10-8-13)16(17-3)15-6-4-5-11-18-15/h6,12-14,16-17H,4-5,7-11H2,1-3H3. The summed E-state index contributed by atoms with van der Waals surface area (Å²) >= 11 is 0. The van der Waals surface area contributed by atoms with Gasteiger partial charge in [0.05, 0.1) is 12.6 Å². The number of likely N-dealkylation sites (N-methyl/N-ethyl adjacent to an activating group) is 1. The van der Waals surface area contributed by atoms with Crippen LogP contribution in [0.4, 0.5) is 0 Å². The molecule has 0 radical (unpaired) electrons. The first kappa shape index (κ1) is 13.9. The lowest BCUT2D eigenvalue weighted by molar-refractivity contribution is 0.128. The number of rotatable bonds is 4. The molecule has 2 aliphatic rings. The minimum Gasteiger partial charge on any atom is -0.497 e. The Morgan fingerprint density at radius 1 is 1.17 bits per heavy atom. The van der Waals surface area contributed by atoms with E-state index in [1.165, 1.54) is 44.3 Å². The van der Waals surface area contributed by atoms with Crippen LogP contribution in [0.5, 0.6) is 0 Å². The SMILES string of the molecule is CNC(C1=CCCCO1)C1CCC(C(C)C)CC1. The fourth-order valence-corrected chi connectivity index (χ4v) is 3.55. The molecule has 0 bridgehead atoms. The van der Waals surface area contributed by atoms with Gasteiger partial charge in [-0.2, -0.15) is 0 Å². The highest BCUT2D eigenvalue weighted by Crippen LogP contribution is 2.36. The maximum atomic E-state index is 5.86. The van der Waals surface area contributed by atoms with Crippen LogP contribution in [0.25, 0.3) is 0 Å². The van der Waals surface area contributed by atoms with Gasteiger partial charge in [-0.15, -0.1) is 0 Å². The van der Waals surface area contributed by atoms with Crippen molar-refractivity contribution in [3.05, 3.63) is 11.8 Å². The zero-order valence-corrected chi connectivity index (χ0v) is 12.2. The van der Waals surface area contributed by atoms with Gasteiger partial charge in [0.2, 0.25) is 0 Å². The fourth-order valence-electron chi connectivity index (χ4n) is 3.55. The topological polar surface area (TPSA) is 21.3 Å². The molecule has 1 aliphatic heterocycles. The van der Waals surface area contributed by atoms with Gasteiger partial charge in [0.1, 0.15) is 5.76 Å². The number of hydrogen-bond donors (Lipinski definition) is 1. The third-order valence-corrected chi connectivity index (χ3v) is 4.81. The van der Waals surface area contributed by atoms with E-state index in [0.717, 1.165) is 24.4 Å². The van der Waals surface area contributed by atoms with E-state index < -0.39 is 0 Å². The molecule has 1 unspecified atom stereocenters. The van der Waals surface area contributed by atoms with Crippen LogP contribution in [-0.2, 0) is 4.74 Å². The van der Waals surface area contributed by atoms with Crippen LogP contribution in [0.15, 0.2) is 11.8 Å². The Labute approximate surface area is 112 Å². The van der Waals surface area contributed by atoms with Gasteiger partial charge in [-0.25, -0.2) is 0 Å². The van der Waals surface area contributed by atoms with E-state index in [2.05, 4.69) is 32.3 Å². The van der Waals surface area contributed by atoms with E-state index in [1.54, 1.807) is 0 Å². The van der Waals surface area contributed by atoms with Gasteiger partial charge in [0, 0.05) is 0 Å². The Hall–Kier alpha value is -0.500. The van der Waals surface area contributed by atoms with Crippen molar-refractivity contribution in [3.8, 4) is 0 Å². The normalized spacial score (nSPS) is 30.8. The van der Waals surface area contributed by atoms with Crippen molar-refractivity contribution in [3.63, 3.8) is 0 Å². The smallest absolute Gasteiger partial charge is 0.109 e. The third kappa shape index (κ3) is 3.28. The summed E-state index contributed by atoms with van der Waals surface area (Å²) in [4.78, 5) is 0. The lowest BCUT2D eigenvalue weighted by atomic mass is 9.74. The summed E-state index contributed by atoms with van der Waals surface area (Å²) in [5.74, 6) is 3.79. The Kier molecular flexibility index (Phi) is 5.11. The van der Waals surface area contributed by atoms with E-state index in [-0.39, 0.29) is 0 Å². The summed E-state index contributed by atoms with van der Waals surface area (Å²) in [6.45, 7) is 5.64. The van der Waals surface area contributed by atoms with Crippen molar-refractivity contribution in [2.24, 2.45) is 17.8 Å².